The maximum atomic E-state index is 11.2. The highest BCUT2D eigenvalue weighted by atomic mass is 32.2. The molecule has 0 atom stereocenters. The summed E-state index contributed by atoms with van der Waals surface area (Å²) in [5, 5.41) is 28.9. The van der Waals surface area contributed by atoms with E-state index in [9.17, 15) is 14.9 Å². The van der Waals surface area contributed by atoms with E-state index in [4.69, 9.17) is 5.11 Å². The summed E-state index contributed by atoms with van der Waals surface area (Å²) in [5.74, 6) is -0.680. The number of carbonyl (C=O) groups is 1. The van der Waals surface area contributed by atoms with Crippen molar-refractivity contribution in [2.75, 3.05) is 0 Å². The van der Waals surface area contributed by atoms with Crippen molar-refractivity contribution < 1.29 is 14.8 Å². The lowest BCUT2D eigenvalue weighted by Gasteiger charge is -2.05. The average Bonchev–Trinajstić information content (AvgIpc) is 2.96. The molecule has 0 aliphatic heterocycles. The summed E-state index contributed by atoms with van der Waals surface area (Å²) >= 11 is 1.19. The summed E-state index contributed by atoms with van der Waals surface area (Å²) in [6.45, 7) is 0. The molecule has 126 valence electrons. The summed E-state index contributed by atoms with van der Waals surface area (Å²) in [6, 6.07) is 13.5. The topological polar surface area (TPSA) is 111 Å². The molecule has 1 N–H and O–H groups in total. The second-order valence-corrected chi connectivity index (χ2v) is 6.12. The normalized spacial score (nSPS) is 10.6. The van der Waals surface area contributed by atoms with Gasteiger partial charge in [0, 0.05) is 23.6 Å². The second-order valence-electron chi connectivity index (χ2n) is 5.07. The Bertz CT molecular complexity index is 956. The number of rotatable bonds is 5. The lowest BCUT2D eigenvalue weighted by atomic mass is 10.2. The molecular weight excluding hydrogens is 344 g/mol. The molecule has 0 unspecified atom stereocenters. The summed E-state index contributed by atoms with van der Waals surface area (Å²) in [6.07, 6.45) is 0. The molecule has 0 saturated heterocycles. The third kappa shape index (κ3) is 3.36. The summed E-state index contributed by atoms with van der Waals surface area (Å²) in [5.41, 5.74) is 0.0968. The Morgan fingerprint density at radius 3 is 2.56 bits per heavy atom. The number of aromatic carboxylic acids is 1. The van der Waals surface area contributed by atoms with Gasteiger partial charge >= 0.3 is 5.97 Å². The average molecular weight is 356 g/mol. The second kappa shape index (κ2) is 6.73. The van der Waals surface area contributed by atoms with Gasteiger partial charge in [0.2, 0.25) is 0 Å². The summed E-state index contributed by atoms with van der Waals surface area (Å²) in [4.78, 5) is 22.0. The van der Waals surface area contributed by atoms with Crippen molar-refractivity contribution in [2.24, 2.45) is 7.05 Å². The quantitative estimate of drug-likeness (QED) is 0.552. The van der Waals surface area contributed by atoms with Crippen LogP contribution in [0.5, 0.6) is 0 Å². The molecule has 0 radical (unpaired) electrons. The van der Waals surface area contributed by atoms with Crippen molar-refractivity contribution in [2.45, 2.75) is 10.1 Å². The standard InChI is InChI=1S/C16H12N4O4S/c1-19-14(10-5-3-2-4-6-10)17-18-16(19)25-11-7-8-13(20(23)24)12(9-11)15(21)22/h2-9H,1H3,(H,21,22). The van der Waals surface area contributed by atoms with E-state index in [1.54, 1.807) is 11.6 Å². The van der Waals surface area contributed by atoms with E-state index in [2.05, 4.69) is 10.2 Å². The number of carboxylic acids is 1. The van der Waals surface area contributed by atoms with Gasteiger partial charge in [0.05, 0.1) is 4.92 Å². The molecule has 0 fully saturated rings. The molecule has 9 heteroatoms. The highest BCUT2D eigenvalue weighted by molar-refractivity contribution is 7.99. The predicted molar refractivity (Wildman–Crippen MR) is 90.6 cm³/mol. The molecule has 1 aromatic heterocycles. The fourth-order valence-electron chi connectivity index (χ4n) is 2.26. The Morgan fingerprint density at radius 2 is 1.92 bits per heavy atom. The van der Waals surface area contributed by atoms with E-state index in [1.165, 1.54) is 30.0 Å². The van der Waals surface area contributed by atoms with Gasteiger partial charge in [-0.3, -0.25) is 10.1 Å². The van der Waals surface area contributed by atoms with Gasteiger partial charge < -0.3 is 9.67 Å². The molecule has 0 aliphatic carbocycles. The predicted octanol–water partition coefficient (Wildman–Crippen LogP) is 3.24. The molecule has 0 amide bonds. The first-order valence-electron chi connectivity index (χ1n) is 7.12. The monoisotopic (exact) mass is 356 g/mol. The van der Waals surface area contributed by atoms with Gasteiger partial charge in [-0.05, 0) is 23.9 Å². The van der Waals surface area contributed by atoms with E-state index in [1.807, 2.05) is 30.3 Å². The molecular formula is C16H12N4O4S. The zero-order valence-electron chi connectivity index (χ0n) is 13.0. The minimum atomic E-state index is -1.35. The van der Waals surface area contributed by atoms with Crippen LogP contribution in [0.15, 0.2) is 58.6 Å². The number of nitro groups is 1. The van der Waals surface area contributed by atoms with Crippen LogP contribution in [0, 0.1) is 10.1 Å². The summed E-state index contributed by atoms with van der Waals surface area (Å²) < 4.78 is 1.78. The van der Waals surface area contributed by atoms with Crippen LogP contribution in [-0.2, 0) is 7.05 Å². The van der Waals surface area contributed by atoms with Crippen LogP contribution in [0.2, 0.25) is 0 Å². The molecule has 0 spiro atoms. The first-order chi connectivity index (χ1) is 12.0. The Balaban J connectivity index is 1.94. The number of nitrogens with zero attached hydrogens (tertiary/aromatic N) is 4. The third-order valence-corrected chi connectivity index (χ3v) is 4.50. The minimum Gasteiger partial charge on any atom is -0.477 e. The number of carboxylic acid groups (broad SMARTS) is 1. The first-order valence-corrected chi connectivity index (χ1v) is 7.93. The van der Waals surface area contributed by atoms with E-state index in [-0.39, 0.29) is 5.56 Å². The fourth-order valence-corrected chi connectivity index (χ4v) is 3.09. The van der Waals surface area contributed by atoms with Crippen LogP contribution in [0.25, 0.3) is 11.4 Å². The molecule has 3 aromatic rings. The van der Waals surface area contributed by atoms with Crippen LogP contribution in [0.3, 0.4) is 0 Å². The molecule has 1 heterocycles. The van der Waals surface area contributed by atoms with Gasteiger partial charge in [0.1, 0.15) is 5.56 Å². The Labute approximate surface area is 146 Å². The van der Waals surface area contributed by atoms with Crippen molar-refractivity contribution in [3.63, 3.8) is 0 Å². The van der Waals surface area contributed by atoms with Gasteiger partial charge in [0.25, 0.3) is 5.69 Å². The Hall–Kier alpha value is -3.20. The van der Waals surface area contributed by atoms with Gasteiger partial charge in [-0.2, -0.15) is 0 Å². The molecule has 0 saturated carbocycles. The Morgan fingerprint density at radius 1 is 1.20 bits per heavy atom. The van der Waals surface area contributed by atoms with E-state index >= 15 is 0 Å². The van der Waals surface area contributed by atoms with Crippen molar-refractivity contribution in [3.8, 4) is 11.4 Å². The first kappa shape index (κ1) is 16.7. The van der Waals surface area contributed by atoms with Crippen LogP contribution < -0.4 is 0 Å². The number of hydrogen-bond acceptors (Lipinski definition) is 6. The lowest BCUT2D eigenvalue weighted by Crippen LogP contribution is -2.02. The van der Waals surface area contributed by atoms with Crippen LogP contribution in [-0.4, -0.2) is 30.8 Å². The van der Waals surface area contributed by atoms with Crippen molar-refractivity contribution in [1.82, 2.24) is 14.8 Å². The largest absolute Gasteiger partial charge is 0.477 e. The van der Waals surface area contributed by atoms with Gasteiger partial charge in [-0.1, -0.05) is 30.3 Å². The molecule has 0 aliphatic rings. The smallest absolute Gasteiger partial charge is 0.342 e. The Kier molecular flexibility index (Phi) is 4.48. The van der Waals surface area contributed by atoms with Gasteiger partial charge in [-0.15, -0.1) is 10.2 Å². The molecule has 25 heavy (non-hydrogen) atoms. The van der Waals surface area contributed by atoms with Crippen LogP contribution in [0.4, 0.5) is 5.69 Å². The SMILES string of the molecule is Cn1c(Sc2ccc([N+](=O)[O-])c(C(=O)O)c2)nnc1-c1ccccc1. The van der Waals surface area contributed by atoms with Crippen LogP contribution >= 0.6 is 11.8 Å². The molecule has 2 aromatic carbocycles. The van der Waals surface area contributed by atoms with E-state index < -0.39 is 16.6 Å². The number of hydrogen-bond donors (Lipinski definition) is 1. The van der Waals surface area contributed by atoms with Crippen molar-refractivity contribution in [1.29, 1.82) is 0 Å². The number of nitro benzene ring substituents is 1. The zero-order chi connectivity index (χ0) is 18.0. The highest BCUT2D eigenvalue weighted by Crippen LogP contribution is 2.31. The highest BCUT2D eigenvalue weighted by Gasteiger charge is 2.21. The van der Waals surface area contributed by atoms with Gasteiger partial charge in [0.15, 0.2) is 11.0 Å². The molecule has 8 nitrogen and oxygen atoms in total. The van der Waals surface area contributed by atoms with Crippen molar-refractivity contribution in [3.05, 3.63) is 64.2 Å². The zero-order valence-corrected chi connectivity index (χ0v) is 13.8. The third-order valence-electron chi connectivity index (χ3n) is 3.47. The summed E-state index contributed by atoms with van der Waals surface area (Å²) in [7, 11) is 1.80. The fraction of sp³-hybridized carbons (Fsp3) is 0.0625. The van der Waals surface area contributed by atoms with E-state index in [0.717, 1.165) is 5.56 Å². The minimum absolute atomic E-state index is 0.361. The van der Waals surface area contributed by atoms with E-state index in [0.29, 0.717) is 15.9 Å². The van der Waals surface area contributed by atoms with Crippen LogP contribution in [0.1, 0.15) is 10.4 Å². The maximum Gasteiger partial charge on any atom is 0.342 e. The number of aromatic nitrogens is 3. The van der Waals surface area contributed by atoms with Crippen molar-refractivity contribution >= 4 is 23.4 Å². The lowest BCUT2D eigenvalue weighted by molar-refractivity contribution is -0.385. The maximum absolute atomic E-state index is 11.2. The number of benzene rings is 2. The molecule has 0 bridgehead atoms. The van der Waals surface area contributed by atoms with Gasteiger partial charge in [-0.25, -0.2) is 4.79 Å². The molecule has 3 rings (SSSR count).